The van der Waals surface area contributed by atoms with Crippen LogP contribution in [0.5, 0.6) is 0 Å². The summed E-state index contributed by atoms with van der Waals surface area (Å²) in [4.78, 5) is 20.2. The van der Waals surface area contributed by atoms with Crippen LogP contribution in [0.4, 0.5) is 0 Å². The molecule has 1 amide bonds. The molecule has 0 aliphatic heterocycles. The second-order valence-electron chi connectivity index (χ2n) is 4.08. The lowest BCUT2D eigenvalue weighted by atomic mass is 10.2. The van der Waals surface area contributed by atoms with E-state index in [1.54, 1.807) is 13.1 Å². The summed E-state index contributed by atoms with van der Waals surface area (Å²) in [7, 11) is 0. The Balaban J connectivity index is 2.04. The van der Waals surface area contributed by atoms with E-state index in [4.69, 9.17) is 0 Å². The normalized spacial score (nSPS) is 10.1. The number of aromatic nitrogens is 2. The number of amides is 1. The highest BCUT2D eigenvalue weighted by atomic mass is 16.1. The summed E-state index contributed by atoms with van der Waals surface area (Å²) in [6, 6.07) is 9.78. The summed E-state index contributed by atoms with van der Waals surface area (Å²) >= 11 is 0. The first-order chi connectivity index (χ1) is 8.66. The molecule has 0 saturated carbocycles. The van der Waals surface area contributed by atoms with Crippen molar-refractivity contribution in [2.24, 2.45) is 0 Å². The van der Waals surface area contributed by atoms with E-state index in [1.807, 2.05) is 37.3 Å². The molecule has 0 saturated heterocycles. The minimum atomic E-state index is -0.142. The van der Waals surface area contributed by atoms with Gasteiger partial charge in [0.15, 0.2) is 0 Å². The zero-order valence-corrected chi connectivity index (χ0v) is 10.5. The average molecular weight is 241 g/mol. The van der Waals surface area contributed by atoms with Crippen molar-refractivity contribution in [3.05, 3.63) is 59.2 Å². The number of aryl methyl sites for hydroxylation is 2. The van der Waals surface area contributed by atoms with Crippen LogP contribution in [0.25, 0.3) is 0 Å². The van der Waals surface area contributed by atoms with Gasteiger partial charge in [0, 0.05) is 12.7 Å². The zero-order valence-electron chi connectivity index (χ0n) is 10.5. The van der Waals surface area contributed by atoms with Gasteiger partial charge in [0.1, 0.15) is 5.82 Å². The molecular weight excluding hydrogens is 226 g/mol. The molecule has 0 fully saturated rings. The predicted octanol–water partition coefficient (Wildman–Crippen LogP) is 2.02. The van der Waals surface area contributed by atoms with Crippen LogP contribution in [0.1, 0.15) is 27.4 Å². The zero-order chi connectivity index (χ0) is 13.0. The van der Waals surface area contributed by atoms with E-state index in [9.17, 15) is 4.79 Å². The number of benzene rings is 1. The SMILES string of the molecule is Cc1ncc(C(=O)NCc2ccccc2)c(C)n1. The van der Waals surface area contributed by atoms with Crippen molar-refractivity contribution in [2.45, 2.75) is 20.4 Å². The summed E-state index contributed by atoms with van der Waals surface area (Å²) < 4.78 is 0. The summed E-state index contributed by atoms with van der Waals surface area (Å²) in [5.74, 6) is 0.531. The highest BCUT2D eigenvalue weighted by Crippen LogP contribution is 2.04. The van der Waals surface area contributed by atoms with Crippen molar-refractivity contribution in [2.75, 3.05) is 0 Å². The molecule has 0 unspecified atom stereocenters. The number of carbonyl (C=O) groups is 1. The van der Waals surface area contributed by atoms with Gasteiger partial charge in [-0.3, -0.25) is 4.79 Å². The lowest BCUT2D eigenvalue weighted by molar-refractivity contribution is 0.0949. The Kier molecular flexibility index (Phi) is 3.67. The molecule has 0 atom stereocenters. The Morgan fingerprint density at radius 1 is 1.22 bits per heavy atom. The van der Waals surface area contributed by atoms with Crippen LogP contribution in [-0.2, 0) is 6.54 Å². The molecule has 1 N–H and O–H groups in total. The number of carbonyl (C=O) groups excluding carboxylic acids is 1. The summed E-state index contributed by atoms with van der Waals surface area (Å²) in [5.41, 5.74) is 2.29. The summed E-state index contributed by atoms with van der Waals surface area (Å²) in [6.07, 6.45) is 1.57. The van der Waals surface area contributed by atoms with Crippen molar-refractivity contribution in [3.63, 3.8) is 0 Å². The van der Waals surface area contributed by atoms with Gasteiger partial charge in [-0.05, 0) is 19.4 Å². The van der Waals surface area contributed by atoms with Crippen molar-refractivity contribution >= 4 is 5.91 Å². The fourth-order valence-corrected chi connectivity index (χ4v) is 1.68. The van der Waals surface area contributed by atoms with Crippen molar-refractivity contribution in [1.82, 2.24) is 15.3 Å². The van der Waals surface area contributed by atoms with Gasteiger partial charge >= 0.3 is 0 Å². The van der Waals surface area contributed by atoms with Crippen LogP contribution in [0.3, 0.4) is 0 Å². The summed E-state index contributed by atoms with van der Waals surface area (Å²) in [5, 5.41) is 2.86. The number of hydrogen-bond donors (Lipinski definition) is 1. The predicted molar refractivity (Wildman–Crippen MR) is 69.1 cm³/mol. The molecular formula is C14H15N3O. The average Bonchev–Trinajstić information content (AvgIpc) is 2.37. The largest absolute Gasteiger partial charge is 0.348 e. The first kappa shape index (κ1) is 12.2. The molecule has 92 valence electrons. The minimum Gasteiger partial charge on any atom is -0.348 e. The lowest BCUT2D eigenvalue weighted by Gasteiger charge is -2.07. The van der Waals surface area contributed by atoms with Gasteiger partial charge in [-0.2, -0.15) is 0 Å². The van der Waals surface area contributed by atoms with Gasteiger partial charge < -0.3 is 5.32 Å². The molecule has 1 heterocycles. The fraction of sp³-hybridized carbons (Fsp3) is 0.214. The number of hydrogen-bond acceptors (Lipinski definition) is 3. The third kappa shape index (κ3) is 2.91. The first-order valence-corrected chi connectivity index (χ1v) is 5.79. The van der Waals surface area contributed by atoms with Crippen molar-refractivity contribution in [1.29, 1.82) is 0 Å². The molecule has 0 radical (unpaired) electrons. The second-order valence-corrected chi connectivity index (χ2v) is 4.08. The minimum absolute atomic E-state index is 0.142. The van der Waals surface area contributed by atoms with Crippen LogP contribution < -0.4 is 5.32 Å². The van der Waals surface area contributed by atoms with E-state index in [0.29, 0.717) is 23.6 Å². The molecule has 1 aromatic carbocycles. The maximum Gasteiger partial charge on any atom is 0.254 e. The maximum atomic E-state index is 12.0. The third-order valence-corrected chi connectivity index (χ3v) is 2.64. The molecule has 4 heteroatoms. The monoisotopic (exact) mass is 241 g/mol. The molecule has 0 bridgehead atoms. The van der Waals surface area contributed by atoms with E-state index in [-0.39, 0.29) is 5.91 Å². The van der Waals surface area contributed by atoms with Gasteiger partial charge in [-0.1, -0.05) is 30.3 Å². The topological polar surface area (TPSA) is 54.9 Å². The summed E-state index contributed by atoms with van der Waals surface area (Å²) in [6.45, 7) is 4.12. The molecule has 4 nitrogen and oxygen atoms in total. The third-order valence-electron chi connectivity index (χ3n) is 2.64. The molecule has 2 rings (SSSR count). The highest BCUT2D eigenvalue weighted by molar-refractivity contribution is 5.94. The maximum absolute atomic E-state index is 12.0. The van der Waals surface area contributed by atoms with E-state index >= 15 is 0 Å². The van der Waals surface area contributed by atoms with Gasteiger partial charge in [0.25, 0.3) is 5.91 Å². The Morgan fingerprint density at radius 2 is 1.94 bits per heavy atom. The van der Waals surface area contributed by atoms with Gasteiger partial charge in [-0.15, -0.1) is 0 Å². The van der Waals surface area contributed by atoms with Crippen LogP contribution in [0.15, 0.2) is 36.5 Å². The van der Waals surface area contributed by atoms with Crippen molar-refractivity contribution in [3.8, 4) is 0 Å². The van der Waals surface area contributed by atoms with Crippen LogP contribution in [0.2, 0.25) is 0 Å². The standard InChI is InChI=1S/C14H15N3O/c1-10-13(9-15-11(2)17-10)14(18)16-8-12-6-4-3-5-7-12/h3-7,9H,8H2,1-2H3,(H,16,18). The molecule has 0 aliphatic carbocycles. The molecule has 2 aromatic rings. The van der Waals surface area contributed by atoms with Crippen LogP contribution in [0, 0.1) is 13.8 Å². The Hall–Kier alpha value is -2.23. The second kappa shape index (κ2) is 5.40. The molecule has 0 aliphatic rings. The molecule has 1 aromatic heterocycles. The van der Waals surface area contributed by atoms with E-state index < -0.39 is 0 Å². The number of rotatable bonds is 3. The first-order valence-electron chi connectivity index (χ1n) is 5.79. The van der Waals surface area contributed by atoms with Gasteiger partial charge in [0.2, 0.25) is 0 Å². The van der Waals surface area contributed by atoms with E-state index in [0.717, 1.165) is 5.56 Å². The highest BCUT2D eigenvalue weighted by Gasteiger charge is 2.10. The smallest absolute Gasteiger partial charge is 0.254 e. The van der Waals surface area contributed by atoms with E-state index in [2.05, 4.69) is 15.3 Å². The Bertz CT molecular complexity index is 552. The Morgan fingerprint density at radius 3 is 2.61 bits per heavy atom. The van der Waals surface area contributed by atoms with Gasteiger partial charge in [-0.25, -0.2) is 9.97 Å². The van der Waals surface area contributed by atoms with Crippen molar-refractivity contribution < 1.29 is 4.79 Å². The fourth-order valence-electron chi connectivity index (χ4n) is 1.68. The Labute approximate surface area is 106 Å². The van der Waals surface area contributed by atoms with Gasteiger partial charge in [0.05, 0.1) is 11.3 Å². The van der Waals surface area contributed by atoms with E-state index in [1.165, 1.54) is 0 Å². The molecule has 18 heavy (non-hydrogen) atoms. The quantitative estimate of drug-likeness (QED) is 0.894. The lowest BCUT2D eigenvalue weighted by Crippen LogP contribution is -2.24. The van der Waals surface area contributed by atoms with Crippen LogP contribution >= 0.6 is 0 Å². The van der Waals surface area contributed by atoms with Crippen LogP contribution in [-0.4, -0.2) is 15.9 Å². The number of nitrogens with one attached hydrogen (secondary N) is 1. The number of nitrogens with zero attached hydrogens (tertiary/aromatic N) is 2. The molecule has 0 spiro atoms.